The van der Waals surface area contributed by atoms with E-state index in [0.717, 1.165) is 34.9 Å². The number of nitro groups is 1. The molecule has 1 heterocycles. The van der Waals surface area contributed by atoms with Crippen LogP contribution in [0, 0.1) is 10.1 Å². The highest BCUT2D eigenvalue weighted by molar-refractivity contribution is 9.10. The summed E-state index contributed by atoms with van der Waals surface area (Å²) < 4.78 is 1.03. The van der Waals surface area contributed by atoms with E-state index in [1.54, 1.807) is 0 Å². The number of nitro benzene ring substituents is 1. The fourth-order valence-electron chi connectivity index (χ4n) is 3.56. The van der Waals surface area contributed by atoms with Gasteiger partial charge < -0.3 is 10.3 Å². The summed E-state index contributed by atoms with van der Waals surface area (Å²) in [5.74, 6) is -0.224. The molecular weight excluding hydrogens is 398 g/mol. The number of hydrogen-bond acceptors (Lipinski definition) is 3. The van der Waals surface area contributed by atoms with E-state index in [-0.39, 0.29) is 17.6 Å². The average Bonchev–Trinajstić information content (AvgIpc) is 3.01. The molecule has 0 bridgehead atoms. The summed E-state index contributed by atoms with van der Waals surface area (Å²) in [5, 5.41) is 15.0. The van der Waals surface area contributed by atoms with Crippen molar-refractivity contribution in [2.45, 2.75) is 25.3 Å². The number of aromatic nitrogens is 1. The van der Waals surface area contributed by atoms with Gasteiger partial charge in [0.2, 0.25) is 0 Å². The highest BCUT2D eigenvalue weighted by atomic mass is 79.9. The van der Waals surface area contributed by atoms with E-state index in [0.29, 0.717) is 5.56 Å². The molecule has 0 radical (unpaired) electrons. The van der Waals surface area contributed by atoms with E-state index in [2.05, 4.69) is 32.3 Å². The lowest BCUT2D eigenvalue weighted by atomic mass is 9.91. The van der Waals surface area contributed by atoms with Crippen molar-refractivity contribution in [2.24, 2.45) is 0 Å². The van der Waals surface area contributed by atoms with E-state index < -0.39 is 4.92 Å². The van der Waals surface area contributed by atoms with Crippen molar-refractivity contribution >= 4 is 38.4 Å². The molecule has 2 aromatic carbocycles. The molecule has 2 N–H and O–H groups in total. The van der Waals surface area contributed by atoms with Crippen molar-refractivity contribution in [3.63, 3.8) is 0 Å². The lowest BCUT2D eigenvalue weighted by Gasteiger charge is -2.24. The Hall–Kier alpha value is -2.67. The normalized spacial score (nSPS) is 16.3. The second kappa shape index (κ2) is 6.57. The fraction of sp³-hybridized carbons (Fsp3) is 0.211. The van der Waals surface area contributed by atoms with Crippen LogP contribution >= 0.6 is 15.9 Å². The van der Waals surface area contributed by atoms with E-state index in [1.165, 1.54) is 35.2 Å². The number of non-ortho nitro benzene ring substituents is 1. The minimum absolute atomic E-state index is 0.0253. The van der Waals surface area contributed by atoms with Crippen molar-refractivity contribution in [1.82, 2.24) is 10.3 Å². The SMILES string of the molecule is O=C(N[C@H]1CCCc2c1[nH]c1ccc(Br)cc21)c1ccc([N+](=O)[O-])cc1. The zero-order chi connectivity index (χ0) is 18.3. The predicted octanol–water partition coefficient (Wildman–Crippen LogP) is 4.65. The maximum atomic E-state index is 12.6. The number of carbonyl (C=O) groups excluding carboxylic acids is 1. The van der Waals surface area contributed by atoms with Gasteiger partial charge in [0.05, 0.1) is 11.0 Å². The molecule has 0 saturated heterocycles. The summed E-state index contributed by atoms with van der Waals surface area (Å²) >= 11 is 3.52. The molecule has 7 heteroatoms. The molecule has 1 aliphatic carbocycles. The Bertz CT molecular complexity index is 1010. The molecule has 0 fully saturated rings. The van der Waals surface area contributed by atoms with Gasteiger partial charge >= 0.3 is 0 Å². The molecule has 3 aromatic rings. The molecule has 26 heavy (non-hydrogen) atoms. The molecule has 4 rings (SSSR count). The van der Waals surface area contributed by atoms with Gasteiger partial charge in [0.1, 0.15) is 0 Å². The Labute approximate surface area is 157 Å². The van der Waals surface area contributed by atoms with E-state index in [4.69, 9.17) is 0 Å². The maximum absolute atomic E-state index is 12.6. The monoisotopic (exact) mass is 413 g/mol. The van der Waals surface area contributed by atoms with Gasteiger partial charge in [0, 0.05) is 38.8 Å². The fourth-order valence-corrected chi connectivity index (χ4v) is 3.92. The van der Waals surface area contributed by atoms with Gasteiger partial charge in [0.15, 0.2) is 0 Å². The zero-order valence-corrected chi connectivity index (χ0v) is 15.4. The van der Waals surface area contributed by atoms with Crippen LogP contribution in [0.15, 0.2) is 46.9 Å². The first-order valence-corrected chi connectivity index (χ1v) is 9.17. The van der Waals surface area contributed by atoms with Gasteiger partial charge in [-0.1, -0.05) is 15.9 Å². The third kappa shape index (κ3) is 2.99. The lowest BCUT2D eigenvalue weighted by molar-refractivity contribution is -0.384. The van der Waals surface area contributed by atoms with E-state index >= 15 is 0 Å². The third-order valence-corrected chi connectivity index (χ3v) is 5.31. The highest BCUT2D eigenvalue weighted by Gasteiger charge is 2.26. The smallest absolute Gasteiger partial charge is 0.269 e. The number of benzene rings is 2. The Balaban J connectivity index is 1.61. The quantitative estimate of drug-likeness (QED) is 0.483. The van der Waals surface area contributed by atoms with Crippen molar-refractivity contribution in [3.8, 4) is 0 Å². The van der Waals surface area contributed by atoms with Gasteiger partial charge in [-0.05, 0) is 55.2 Å². The minimum Gasteiger partial charge on any atom is -0.356 e. The summed E-state index contributed by atoms with van der Waals surface area (Å²) in [6.07, 6.45) is 2.84. The molecule has 0 aliphatic heterocycles. The second-order valence-corrected chi connectivity index (χ2v) is 7.35. The summed E-state index contributed by atoms with van der Waals surface area (Å²) in [5.41, 5.74) is 3.76. The summed E-state index contributed by atoms with van der Waals surface area (Å²) in [6, 6.07) is 11.7. The van der Waals surface area contributed by atoms with Crippen LogP contribution in [0.3, 0.4) is 0 Å². The van der Waals surface area contributed by atoms with Gasteiger partial charge in [-0.3, -0.25) is 14.9 Å². The third-order valence-electron chi connectivity index (χ3n) is 4.81. The van der Waals surface area contributed by atoms with Crippen LogP contribution in [0.2, 0.25) is 0 Å². The first-order chi connectivity index (χ1) is 12.5. The van der Waals surface area contributed by atoms with Crippen LogP contribution < -0.4 is 5.32 Å². The second-order valence-electron chi connectivity index (χ2n) is 6.43. The summed E-state index contributed by atoms with van der Waals surface area (Å²) in [6.45, 7) is 0. The molecule has 0 spiro atoms. The van der Waals surface area contributed by atoms with Crippen LogP contribution in [-0.2, 0) is 6.42 Å². The topological polar surface area (TPSA) is 88.0 Å². The number of nitrogens with zero attached hydrogens (tertiary/aromatic N) is 1. The number of aryl methyl sites for hydroxylation is 1. The molecule has 1 aromatic heterocycles. The van der Waals surface area contributed by atoms with Crippen LogP contribution in [0.4, 0.5) is 5.69 Å². The van der Waals surface area contributed by atoms with Gasteiger partial charge in [-0.15, -0.1) is 0 Å². The van der Waals surface area contributed by atoms with Crippen molar-refractivity contribution in [2.75, 3.05) is 0 Å². The lowest BCUT2D eigenvalue weighted by Crippen LogP contribution is -2.31. The molecule has 0 saturated carbocycles. The number of aromatic amines is 1. The molecular formula is C19H16BrN3O3. The molecule has 1 aliphatic rings. The van der Waals surface area contributed by atoms with Gasteiger partial charge in [-0.2, -0.15) is 0 Å². The summed E-state index contributed by atoms with van der Waals surface area (Å²) in [4.78, 5) is 26.3. The largest absolute Gasteiger partial charge is 0.356 e. The number of H-pyrrole nitrogens is 1. The van der Waals surface area contributed by atoms with Crippen LogP contribution in [0.25, 0.3) is 10.9 Å². The van der Waals surface area contributed by atoms with Crippen LogP contribution in [-0.4, -0.2) is 15.8 Å². The highest BCUT2D eigenvalue weighted by Crippen LogP contribution is 2.36. The Morgan fingerprint density at radius 3 is 2.73 bits per heavy atom. The number of amides is 1. The van der Waals surface area contributed by atoms with Crippen molar-refractivity contribution in [1.29, 1.82) is 0 Å². The Kier molecular flexibility index (Phi) is 4.24. The van der Waals surface area contributed by atoms with E-state index in [1.807, 2.05) is 12.1 Å². The summed E-state index contributed by atoms with van der Waals surface area (Å²) in [7, 11) is 0. The molecule has 6 nitrogen and oxygen atoms in total. The average molecular weight is 414 g/mol. The first kappa shape index (κ1) is 16.8. The number of nitrogens with one attached hydrogen (secondary N) is 2. The number of carbonyl (C=O) groups is 1. The maximum Gasteiger partial charge on any atom is 0.269 e. The van der Waals surface area contributed by atoms with E-state index in [9.17, 15) is 14.9 Å². The van der Waals surface area contributed by atoms with Gasteiger partial charge in [-0.25, -0.2) is 0 Å². The number of halogens is 1. The predicted molar refractivity (Wildman–Crippen MR) is 102 cm³/mol. The van der Waals surface area contributed by atoms with Crippen LogP contribution in [0.1, 0.15) is 40.5 Å². The molecule has 1 amide bonds. The Morgan fingerprint density at radius 1 is 1.23 bits per heavy atom. The Morgan fingerprint density at radius 2 is 2.00 bits per heavy atom. The standard InChI is InChI=1S/C19H16BrN3O3/c20-12-6-9-16-15(10-12)14-2-1-3-17(18(14)21-16)22-19(24)11-4-7-13(8-5-11)23(25)26/h4-10,17,21H,1-3H2,(H,22,24)/t17-/m0/s1. The van der Waals surface area contributed by atoms with Crippen molar-refractivity contribution in [3.05, 3.63) is 73.9 Å². The molecule has 132 valence electrons. The van der Waals surface area contributed by atoms with Gasteiger partial charge in [0.25, 0.3) is 11.6 Å². The minimum atomic E-state index is -0.474. The number of hydrogen-bond donors (Lipinski definition) is 2. The zero-order valence-electron chi connectivity index (χ0n) is 13.8. The van der Waals surface area contributed by atoms with Crippen LogP contribution in [0.5, 0.6) is 0 Å². The van der Waals surface area contributed by atoms with Crippen molar-refractivity contribution < 1.29 is 9.72 Å². The first-order valence-electron chi connectivity index (χ1n) is 8.38. The molecule has 0 unspecified atom stereocenters. The number of fused-ring (bicyclic) bond motifs is 3. The molecule has 1 atom stereocenters. The number of rotatable bonds is 3.